The monoisotopic (exact) mass is 479 g/mol. The van der Waals surface area contributed by atoms with Crippen molar-refractivity contribution in [3.8, 4) is 17.2 Å². The summed E-state index contributed by atoms with van der Waals surface area (Å²) in [6.07, 6.45) is 1.55. The minimum Gasteiger partial charge on any atom is -0.493 e. The lowest BCUT2D eigenvalue weighted by Gasteiger charge is -2.38. The summed E-state index contributed by atoms with van der Waals surface area (Å²) in [6.45, 7) is 5.19. The van der Waals surface area contributed by atoms with Gasteiger partial charge in [0.2, 0.25) is 5.75 Å². The predicted molar refractivity (Wildman–Crippen MR) is 128 cm³/mol. The van der Waals surface area contributed by atoms with E-state index in [1.165, 1.54) is 33.3 Å². The molecule has 0 aromatic heterocycles. The number of hydrogen-bond donors (Lipinski definition) is 1. The molecule has 0 spiro atoms. The van der Waals surface area contributed by atoms with Crippen molar-refractivity contribution in [3.05, 3.63) is 65.4 Å². The van der Waals surface area contributed by atoms with Crippen molar-refractivity contribution in [1.29, 1.82) is 0 Å². The lowest BCUT2D eigenvalue weighted by Crippen LogP contribution is -2.54. The Morgan fingerprint density at radius 3 is 2.09 bits per heavy atom. The number of rotatable bonds is 7. The van der Waals surface area contributed by atoms with Crippen LogP contribution in [0.25, 0.3) is 0 Å². The Labute approximate surface area is 204 Å². The summed E-state index contributed by atoms with van der Waals surface area (Å²) in [5, 5.41) is 6.14. The highest BCUT2D eigenvalue weighted by Crippen LogP contribution is 2.49. The number of methoxy groups -OCH3 is 3. The molecule has 2 heterocycles. The second kappa shape index (κ2) is 9.07. The van der Waals surface area contributed by atoms with Gasteiger partial charge in [0, 0.05) is 17.3 Å². The molecule has 1 fully saturated rings. The second-order valence-corrected chi connectivity index (χ2v) is 8.96. The quantitative estimate of drug-likeness (QED) is 0.652. The van der Waals surface area contributed by atoms with Crippen LogP contribution in [-0.2, 0) is 9.59 Å². The number of nitrogens with zero attached hydrogens (tertiary/aromatic N) is 2. The molecule has 9 nitrogen and oxygen atoms in total. The van der Waals surface area contributed by atoms with Crippen molar-refractivity contribution in [2.75, 3.05) is 21.3 Å². The standard InChI is InChI=1S/C26H29N3O6/c1-15(30)18-14-28-25(32)23(27-24(31)16-10-8-7-9-11-16)26(2,3)29(28)21(18)17-12-19(33-4)22(35-6)20(13-17)34-5/h7-14,21,23H,1-6H3,(H,27,31)/t21-,23-/m1/s1. The maximum atomic E-state index is 13.5. The normalized spacial score (nSPS) is 20.8. The van der Waals surface area contributed by atoms with Crippen LogP contribution in [0, 0.1) is 0 Å². The third-order valence-corrected chi connectivity index (χ3v) is 6.52. The van der Waals surface area contributed by atoms with E-state index in [1.807, 2.05) is 24.9 Å². The molecule has 2 aromatic rings. The number of carbonyl (C=O) groups excluding carboxylic acids is 3. The Kier molecular flexibility index (Phi) is 6.29. The largest absolute Gasteiger partial charge is 0.493 e. The van der Waals surface area contributed by atoms with Gasteiger partial charge in [0.25, 0.3) is 11.8 Å². The van der Waals surface area contributed by atoms with Crippen molar-refractivity contribution in [3.63, 3.8) is 0 Å². The van der Waals surface area contributed by atoms with Gasteiger partial charge in [0.05, 0.1) is 32.9 Å². The van der Waals surface area contributed by atoms with Crippen molar-refractivity contribution < 1.29 is 28.6 Å². The summed E-state index contributed by atoms with van der Waals surface area (Å²) in [5.41, 5.74) is 0.701. The molecule has 1 N–H and O–H groups in total. The molecule has 1 saturated heterocycles. The van der Waals surface area contributed by atoms with E-state index in [-0.39, 0.29) is 17.6 Å². The number of nitrogens with one attached hydrogen (secondary N) is 1. The van der Waals surface area contributed by atoms with Crippen molar-refractivity contribution in [1.82, 2.24) is 15.3 Å². The third-order valence-electron chi connectivity index (χ3n) is 6.52. The van der Waals surface area contributed by atoms with E-state index in [0.29, 0.717) is 33.9 Å². The van der Waals surface area contributed by atoms with E-state index >= 15 is 0 Å². The SMILES string of the molecule is COc1cc([C@@H]2C(C(C)=O)=CN3C(=O)[C@@H](NC(=O)c4ccccc4)C(C)(C)N23)cc(OC)c1OC. The lowest BCUT2D eigenvalue weighted by molar-refractivity contribution is -0.135. The van der Waals surface area contributed by atoms with Crippen LogP contribution in [0.2, 0.25) is 0 Å². The highest BCUT2D eigenvalue weighted by atomic mass is 16.5. The molecule has 0 aliphatic carbocycles. The van der Waals surface area contributed by atoms with Crippen LogP contribution >= 0.6 is 0 Å². The Balaban J connectivity index is 1.78. The molecule has 2 aliphatic heterocycles. The van der Waals surface area contributed by atoms with Crippen LogP contribution in [0.15, 0.2) is 54.2 Å². The van der Waals surface area contributed by atoms with Crippen LogP contribution in [0.3, 0.4) is 0 Å². The van der Waals surface area contributed by atoms with E-state index in [2.05, 4.69) is 5.32 Å². The van der Waals surface area contributed by atoms with Crippen LogP contribution < -0.4 is 19.5 Å². The fourth-order valence-electron chi connectivity index (χ4n) is 4.77. The Hall–Kier alpha value is -3.85. The first-order chi connectivity index (χ1) is 16.6. The minimum atomic E-state index is -0.875. The van der Waals surface area contributed by atoms with Gasteiger partial charge in [0.15, 0.2) is 17.3 Å². The van der Waals surface area contributed by atoms with Gasteiger partial charge in [-0.15, -0.1) is 0 Å². The predicted octanol–water partition coefficient (Wildman–Crippen LogP) is 2.88. The topological polar surface area (TPSA) is 97.4 Å². The highest BCUT2D eigenvalue weighted by molar-refractivity contribution is 6.01. The smallest absolute Gasteiger partial charge is 0.265 e. The number of ketones is 1. The average Bonchev–Trinajstić information content (AvgIpc) is 3.35. The van der Waals surface area contributed by atoms with Crippen molar-refractivity contribution >= 4 is 17.6 Å². The third kappa shape index (κ3) is 3.91. The Morgan fingerprint density at radius 2 is 1.57 bits per heavy atom. The number of benzene rings is 2. The van der Waals surface area contributed by atoms with Crippen molar-refractivity contribution in [2.45, 2.75) is 38.4 Å². The first-order valence-electron chi connectivity index (χ1n) is 11.2. The second-order valence-electron chi connectivity index (χ2n) is 8.96. The molecule has 2 aromatic carbocycles. The van der Waals surface area contributed by atoms with Gasteiger partial charge in [-0.25, -0.2) is 5.01 Å². The number of hydrazine groups is 1. The van der Waals surface area contributed by atoms with Crippen molar-refractivity contribution in [2.24, 2.45) is 0 Å². The van der Waals surface area contributed by atoms with Crippen LogP contribution in [0.4, 0.5) is 0 Å². The van der Waals surface area contributed by atoms with E-state index in [4.69, 9.17) is 14.2 Å². The number of hydrogen-bond acceptors (Lipinski definition) is 7. The van der Waals surface area contributed by atoms with Crippen LogP contribution in [0.1, 0.15) is 42.7 Å². The van der Waals surface area contributed by atoms with E-state index in [0.717, 1.165) is 0 Å². The zero-order valence-corrected chi connectivity index (χ0v) is 20.6. The fourth-order valence-corrected chi connectivity index (χ4v) is 4.77. The molecule has 4 rings (SSSR count). The highest BCUT2D eigenvalue weighted by Gasteiger charge is 2.59. The first kappa shape index (κ1) is 24.3. The van der Waals surface area contributed by atoms with E-state index in [9.17, 15) is 14.4 Å². The van der Waals surface area contributed by atoms with Gasteiger partial charge in [-0.05, 0) is 50.6 Å². The molecular weight excluding hydrogens is 450 g/mol. The van der Waals surface area contributed by atoms with Gasteiger partial charge in [0.1, 0.15) is 6.04 Å². The van der Waals surface area contributed by atoms with E-state index in [1.54, 1.807) is 42.6 Å². The molecule has 184 valence electrons. The average molecular weight is 480 g/mol. The molecule has 0 bridgehead atoms. The van der Waals surface area contributed by atoms with Crippen LogP contribution in [0.5, 0.6) is 17.2 Å². The number of ether oxygens (including phenoxy) is 3. The number of amides is 2. The van der Waals surface area contributed by atoms with Gasteiger partial charge < -0.3 is 19.5 Å². The van der Waals surface area contributed by atoms with Gasteiger partial charge in [-0.3, -0.25) is 14.4 Å². The minimum absolute atomic E-state index is 0.174. The van der Waals surface area contributed by atoms with Gasteiger partial charge in [-0.2, -0.15) is 5.01 Å². The maximum Gasteiger partial charge on any atom is 0.265 e. The molecular formula is C26H29N3O6. The molecule has 2 amide bonds. The molecule has 0 radical (unpaired) electrons. The number of fused-ring (bicyclic) bond motifs is 1. The summed E-state index contributed by atoms with van der Waals surface area (Å²) in [5.74, 6) is 0.437. The zero-order chi connectivity index (χ0) is 25.5. The summed E-state index contributed by atoms with van der Waals surface area (Å²) in [7, 11) is 4.55. The van der Waals surface area contributed by atoms with E-state index < -0.39 is 17.6 Å². The van der Waals surface area contributed by atoms with Crippen LogP contribution in [-0.4, -0.2) is 60.5 Å². The molecule has 0 unspecified atom stereocenters. The van der Waals surface area contributed by atoms with Gasteiger partial charge >= 0.3 is 0 Å². The molecule has 2 atom stereocenters. The molecule has 35 heavy (non-hydrogen) atoms. The lowest BCUT2D eigenvalue weighted by atomic mass is 9.89. The maximum absolute atomic E-state index is 13.5. The first-order valence-corrected chi connectivity index (χ1v) is 11.2. The summed E-state index contributed by atoms with van der Waals surface area (Å²) in [6, 6.07) is 10.8. The molecule has 0 saturated carbocycles. The summed E-state index contributed by atoms with van der Waals surface area (Å²) >= 11 is 0. The van der Waals surface area contributed by atoms with Gasteiger partial charge in [-0.1, -0.05) is 18.2 Å². The number of carbonyl (C=O) groups is 3. The fraction of sp³-hybridized carbons (Fsp3) is 0.346. The Morgan fingerprint density at radius 1 is 0.971 bits per heavy atom. The zero-order valence-electron chi connectivity index (χ0n) is 20.6. The summed E-state index contributed by atoms with van der Waals surface area (Å²) in [4.78, 5) is 39.1. The Bertz CT molecular complexity index is 1180. The number of Topliss-reactive ketones (excluding diaryl/α,β-unsaturated/α-hetero) is 1. The summed E-state index contributed by atoms with van der Waals surface area (Å²) < 4.78 is 16.5. The molecule has 2 aliphatic rings. The molecule has 9 heteroatoms.